The van der Waals surface area contributed by atoms with Crippen LogP contribution in [-0.4, -0.2) is 53.6 Å². The van der Waals surface area contributed by atoms with E-state index in [4.69, 9.17) is 5.11 Å². The van der Waals surface area contributed by atoms with Crippen molar-refractivity contribution in [2.75, 3.05) is 19.6 Å². The normalized spacial score (nSPS) is 10.1. The van der Waals surface area contributed by atoms with Crippen LogP contribution >= 0.6 is 0 Å². The molecule has 0 aliphatic heterocycles. The largest absolute Gasteiger partial charge is 0.481 e. The molecule has 0 unspecified atom stereocenters. The number of urea groups is 1. The monoisotopic (exact) mass is 273 g/mol. The second-order valence-corrected chi connectivity index (χ2v) is 4.47. The number of hydrogen-bond donors (Lipinski definition) is 3. The maximum absolute atomic E-state index is 11.7. The Morgan fingerprint density at radius 2 is 1.89 bits per heavy atom. The quantitative estimate of drug-likeness (QED) is 0.558. The Bertz CT molecular complexity index is 318. The molecule has 0 aliphatic carbocycles. The minimum atomic E-state index is -0.891. The Labute approximate surface area is 113 Å². The van der Waals surface area contributed by atoms with Crippen LogP contribution in [0.2, 0.25) is 0 Å². The van der Waals surface area contributed by atoms with Crippen LogP contribution in [0, 0.1) is 0 Å². The summed E-state index contributed by atoms with van der Waals surface area (Å²) in [5.41, 5.74) is 0. The lowest BCUT2D eigenvalue weighted by molar-refractivity contribution is -0.137. The molecule has 0 heterocycles. The molecular formula is C12H23N3O4. The van der Waals surface area contributed by atoms with Gasteiger partial charge in [0.15, 0.2) is 0 Å². The molecular weight excluding hydrogens is 250 g/mol. The van der Waals surface area contributed by atoms with Crippen molar-refractivity contribution in [3.63, 3.8) is 0 Å². The van der Waals surface area contributed by atoms with Crippen LogP contribution in [0.5, 0.6) is 0 Å². The van der Waals surface area contributed by atoms with E-state index in [2.05, 4.69) is 10.6 Å². The van der Waals surface area contributed by atoms with Crippen molar-refractivity contribution >= 4 is 17.9 Å². The summed E-state index contributed by atoms with van der Waals surface area (Å²) in [6, 6.07) is -0.323. The molecule has 19 heavy (non-hydrogen) atoms. The van der Waals surface area contributed by atoms with E-state index in [0.717, 1.165) is 0 Å². The average Bonchev–Trinajstić information content (AvgIpc) is 2.30. The molecule has 0 spiro atoms. The van der Waals surface area contributed by atoms with Gasteiger partial charge in [-0.2, -0.15) is 0 Å². The van der Waals surface area contributed by atoms with Crippen LogP contribution in [0.25, 0.3) is 0 Å². The van der Waals surface area contributed by atoms with Gasteiger partial charge >= 0.3 is 12.0 Å². The van der Waals surface area contributed by atoms with E-state index < -0.39 is 5.97 Å². The molecule has 0 fully saturated rings. The number of carboxylic acids is 1. The maximum atomic E-state index is 11.7. The highest BCUT2D eigenvalue weighted by atomic mass is 16.4. The summed E-state index contributed by atoms with van der Waals surface area (Å²) >= 11 is 0. The summed E-state index contributed by atoms with van der Waals surface area (Å²) < 4.78 is 0. The van der Waals surface area contributed by atoms with E-state index in [1.165, 1.54) is 4.90 Å². The lowest BCUT2D eigenvalue weighted by Crippen LogP contribution is -2.46. The SMILES string of the molecule is CCN(CC(=O)NC(C)C)C(=O)NCCCC(=O)O. The number of hydrogen-bond acceptors (Lipinski definition) is 3. The summed E-state index contributed by atoms with van der Waals surface area (Å²) in [6.07, 6.45) is 0.386. The van der Waals surface area contributed by atoms with Crippen molar-refractivity contribution < 1.29 is 19.5 Å². The summed E-state index contributed by atoms with van der Waals surface area (Å²) in [7, 11) is 0. The molecule has 7 nitrogen and oxygen atoms in total. The van der Waals surface area contributed by atoms with Gasteiger partial charge in [-0.3, -0.25) is 9.59 Å². The van der Waals surface area contributed by atoms with Crippen LogP contribution in [0.15, 0.2) is 0 Å². The predicted molar refractivity (Wildman–Crippen MR) is 70.8 cm³/mol. The number of nitrogens with one attached hydrogen (secondary N) is 2. The highest BCUT2D eigenvalue weighted by Gasteiger charge is 2.15. The maximum Gasteiger partial charge on any atom is 0.317 e. The predicted octanol–water partition coefficient (Wildman–Crippen LogP) is 0.407. The van der Waals surface area contributed by atoms with Crippen LogP contribution in [0.3, 0.4) is 0 Å². The summed E-state index contributed by atoms with van der Waals surface area (Å²) in [6.45, 7) is 6.17. The molecule has 0 saturated carbocycles. The van der Waals surface area contributed by atoms with Crippen molar-refractivity contribution in [1.29, 1.82) is 0 Å². The van der Waals surface area contributed by atoms with Gasteiger partial charge in [-0.25, -0.2) is 4.79 Å². The number of carbonyl (C=O) groups is 3. The van der Waals surface area contributed by atoms with Crippen molar-refractivity contribution in [3.05, 3.63) is 0 Å². The van der Waals surface area contributed by atoms with E-state index in [1.54, 1.807) is 6.92 Å². The Morgan fingerprint density at radius 1 is 1.26 bits per heavy atom. The number of aliphatic carboxylic acids is 1. The molecule has 3 amide bonds. The van der Waals surface area contributed by atoms with E-state index in [0.29, 0.717) is 13.0 Å². The smallest absolute Gasteiger partial charge is 0.317 e. The minimum absolute atomic E-state index is 0.000552. The topological polar surface area (TPSA) is 98.7 Å². The molecule has 0 radical (unpaired) electrons. The molecule has 0 aromatic carbocycles. The lowest BCUT2D eigenvalue weighted by Gasteiger charge is -2.21. The van der Waals surface area contributed by atoms with Crippen molar-refractivity contribution in [2.45, 2.75) is 39.7 Å². The Hall–Kier alpha value is -1.79. The van der Waals surface area contributed by atoms with Crippen LogP contribution < -0.4 is 10.6 Å². The van der Waals surface area contributed by atoms with Crippen molar-refractivity contribution in [1.82, 2.24) is 15.5 Å². The van der Waals surface area contributed by atoms with Gasteiger partial charge in [0.2, 0.25) is 5.91 Å². The van der Waals surface area contributed by atoms with Gasteiger partial charge in [0.25, 0.3) is 0 Å². The van der Waals surface area contributed by atoms with Crippen molar-refractivity contribution in [3.8, 4) is 0 Å². The highest BCUT2D eigenvalue weighted by molar-refractivity contribution is 5.84. The molecule has 0 bridgehead atoms. The third-order valence-corrected chi connectivity index (χ3v) is 2.30. The number of amides is 3. The Morgan fingerprint density at radius 3 is 2.37 bits per heavy atom. The summed E-state index contributed by atoms with van der Waals surface area (Å²) in [5, 5.41) is 13.8. The molecule has 0 aromatic heterocycles. The van der Waals surface area contributed by atoms with Gasteiger partial charge < -0.3 is 20.6 Å². The number of rotatable bonds is 8. The first-order valence-electron chi connectivity index (χ1n) is 6.40. The zero-order chi connectivity index (χ0) is 14.8. The van der Waals surface area contributed by atoms with Gasteiger partial charge in [-0.15, -0.1) is 0 Å². The van der Waals surface area contributed by atoms with Gasteiger partial charge in [0.1, 0.15) is 6.54 Å². The first-order valence-corrected chi connectivity index (χ1v) is 6.40. The molecule has 7 heteroatoms. The van der Waals surface area contributed by atoms with Crippen molar-refractivity contribution in [2.24, 2.45) is 0 Å². The second kappa shape index (κ2) is 9.18. The molecule has 0 rings (SSSR count). The number of carboxylic acid groups (broad SMARTS) is 1. The minimum Gasteiger partial charge on any atom is -0.481 e. The van der Waals surface area contributed by atoms with E-state index in [9.17, 15) is 14.4 Å². The number of carbonyl (C=O) groups excluding carboxylic acids is 2. The average molecular weight is 273 g/mol. The fourth-order valence-corrected chi connectivity index (χ4v) is 1.41. The highest BCUT2D eigenvalue weighted by Crippen LogP contribution is 1.92. The number of nitrogens with zero attached hydrogens (tertiary/aromatic N) is 1. The lowest BCUT2D eigenvalue weighted by atomic mass is 10.3. The summed E-state index contributed by atoms with van der Waals surface area (Å²) in [5.74, 6) is -1.10. The Balaban J connectivity index is 4.03. The summed E-state index contributed by atoms with van der Waals surface area (Å²) in [4.78, 5) is 34.9. The van der Waals surface area contributed by atoms with E-state index in [-0.39, 0.29) is 37.5 Å². The Kier molecular flexibility index (Phi) is 8.32. The zero-order valence-electron chi connectivity index (χ0n) is 11.7. The first kappa shape index (κ1) is 17.2. The fourth-order valence-electron chi connectivity index (χ4n) is 1.41. The zero-order valence-corrected chi connectivity index (χ0v) is 11.7. The van der Waals surface area contributed by atoms with Crippen LogP contribution in [0.1, 0.15) is 33.6 Å². The fraction of sp³-hybridized carbons (Fsp3) is 0.750. The molecule has 110 valence electrons. The van der Waals surface area contributed by atoms with Gasteiger partial charge in [0.05, 0.1) is 0 Å². The van der Waals surface area contributed by atoms with E-state index in [1.807, 2.05) is 13.8 Å². The third-order valence-electron chi connectivity index (χ3n) is 2.30. The molecule has 3 N–H and O–H groups in total. The standard InChI is InChI=1S/C12H23N3O4/c1-4-15(8-10(16)14-9(2)3)12(19)13-7-5-6-11(17)18/h9H,4-8H2,1-3H3,(H,13,19)(H,14,16)(H,17,18). The number of likely N-dealkylation sites (N-methyl/N-ethyl adjacent to an activating group) is 1. The molecule has 0 aliphatic rings. The van der Waals surface area contributed by atoms with Gasteiger partial charge in [-0.1, -0.05) is 0 Å². The van der Waals surface area contributed by atoms with Gasteiger partial charge in [0, 0.05) is 25.6 Å². The van der Waals surface area contributed by atoms with Crippen LogP contribution in [0.4, 0.5) is 4.79 Å². The van der Waals surface area contributed by atoms with E-state index >= 15 is 0 Å². The van der Waals surface area contributed by atoms with Gasteiger partial charge in [-0.05, 0) is 27.2 Å². The second-order valence-electron chi connectivity index (χ2n) is 4.47. The molecule has 0 aromatic rings. The third kappa shape index (κ3) is 8.87. The molecule has 0 atom stereocenters. The first-order chi connectivity index (χ1) is 8.86. The molecule has 0 saturated heterocycles. The van der Waals surface area contributed by atoms with Crippen LogP contribution in [-0.2, 0) is 9.59 Å².